The monoisotopic (exact) mass is 449 g/mol. The Bertz CT molecular complexity index is 769. The van der Waals surface area contributed by atoms with Crippen LogP contribution in [0.4, 0.5) is 4.79 Å². The molecule has 1 saturated heterocycles. The maximum atomic E-state index is 12.3. The van der Waals surface area contributed by atoms with Crippen molar-refractivity contribution in [2.24, 2.45) is 5.92 Å². The number of likely N-dealkylation sites (tertiary alicyclic amines) is 1. The highest BCUT2D eigenvalue weighted by atomic mass is 16.6. The van der Waals surface area contributed by atoms with Crippen LogP contribution in [0, 0.1) is 5.92 Å². The van der Waals surface area contributed by atoms with Gasteiger partial charge in [0.2, 0.25) is 5.91 Å². The lowest BCUT2D eigenvalue weighted by Crippen LogP contribution is -2.43. The quantitative estimate of drug-likeness (QED) is 0.599. The average Bonchev–Trinajstić information content (AvgIpc) is 2.75. The van der Waals surface area contributed by atoms with E-state index in [9.17, 15) is 14.4 Å². The Morgan fingerprint density at radius 3 is 2.34 bits per heavy atom. The number of carbonyl (C=O) groups excluding carboxylic acids is 3. The largest absolute Gasteiger partial charge is 0.493 e. The topological polar surface area (TPSA) is 106 Å². The molecule has 1 fully saturated rings. The molecule has 1 aromatic rings. The molecular formula is C23H35N3O6. The lowest BCUT2D eigenvalue weighted by atomic mass is 9.96. The van der Waals surface area contributed by atoms with Gasteiger partial charge in [-0.1, -0.05) is 12.1 Å². The van der Waals surface area contributed by atoms with Crippen molar-refractivity contribution < 1.29 is 28.6 Å². The molecule has 1 aliphatic heterocycles. The molecule has 0 aromatic heterocycles. The first-order valence-electron chi connectivity index (χ1n) is 10.9. The van der Waals surface area contributed by atoms with Gasteiger partial charge in [0.1, 0.15) is 5.60 Å². The van der Waals surface area contributed by atoms with Crippen LogP contribution in [0.15, 0.2) is 24.3 Å². The molecule has 0 unspecified atom stereocenters. The Hall–Kier alpha value is -2.97. The van der Waals surface area contributed by atoms with Crippen LogP contribution in [0.2, 0.25) is 0 Å². The number of amides is 3. The van der Waals surface area contributed by atoms with Gasteiger partial charge in [-0.2, -0.15) is 0 Å². The molecule has 0 radical (unpaired) electrons. The summed E-state index contributed by atoms with van der Waals surface area (Å²) in [5.41, 5.74) is -0.564. The fourth-order valence-electron chi connectivity index (χ4n) is 3.32. The maximum absolute atomic E-state index is 12.3. The number of ether oxygens (including phenoxy) is 3. The number of nitrogens with one attached hydrogen (secondary N) is 2. The summed E-state index contributed by atoms with van der Waals surface area (Å²) in [6.45, 7) is 7.37. The second-order valence-electron chi connectivity index (χ2n) is 8.75. The summed E-state index contributed by atoms with van der Waals surface area (Å²) in [6, 6.07) is 7.18. The third-order valence-corrected chi connectivity index (χ3v) is 4.99. The molecule has 178 valence electrons. The van der Waals surface area contributed by atoms with E-state index in [1.807, 2.05) is 12.1 Å². The summed E-state index contributed by atoms with van der Waals surface area (Å²) in [5, 5.41) is 5.51. The Morgan fingerprint density at radius 1 is 1.06 bits per heavy atom. The maximum Gasteiger partial charge on any atom is 0.407 e. The number of benzene rings is 1. The number of hydrogen-bond donors (Lipinski definition) is 2. The lowest BCUT2D eigenvalue weighted by molar-refractivity contribution is -0.132. The second-order valence-corrected chi connectivity index (χ2v) is 8.75. The third kappa shape index (κ3) is 9.03. The molecular weight excluding hydrogens is 414 g/mol. The van der Waals surface area contributed by atoms with Crippen LogP contribution in [-0.4, -0.2) is 68.3 Å². The minimum absolute atomic E-state index is 0.00810. The summed E-state index contributed by atoms with van der Waals surface area (Å²) < 4.78 is 15.9. The van der Waals surface area contributed by atoms with Crippen molar-refractivity contribution in [3.8, 4) is 11.5 Å². The zero-order valence-electron chi connectivity index (χ0n) is 19.4. The van der Waals surface area contributed by atoms with Crippen molar-refractivity contribution >= 4 is 17.9 Å². The number of rotatable bonds is 9. The van der Waals surface area contributed by atoms with Gasteiger partial charge in [-0.15, -0.1) is 0 Å². The van der Waals surface area contributed by atoms with E-state index >= 15 is 0 Å². The molecule has 9 nitrogen and oxygen atoms in total. The Kier molecular flexibility index (Phi) is 9.61. The van der Waals surface area contributed by atoms with Gasteiger partial charge in [-0.05, 0) is 51.7 Å². The van der Waals surface area contributed by atoms with Crippen molar-refractivity contribution in [3.05, 3.63) is 24.3 Å². The van der Waals surface area contributed by atoms with E-state index in [1.165, 1.54) is 0 Å². The lowest BCUT2D eigenvalue weighted by Gasteiger charge is -2.32. The van der Waals surface area contributed by atoms with Gasteiger partial charge >= 0.3 is 6.09 Å². The molecule has 0 aliphatic carbocycles. The molecule has 1 heterocycles. The summed E-state index contributed by atoms with van der Waals surface area (Å²) >= 11 is 0. The van der Waals surface area contributed by atoms with Gasteiger partial charge in [0.15, 0.2) is 18.1 Å². The van der Waals surface area contributed by atoms with Crippen molar-refractivity contribution in [2.75, 3.05) is 39.9 Å². The molecule has 9 heteroatoms. The smallest absolute Gasteiger partial charge is 0.407 e. The van der Waals surface area contributed by atoms with Gasteiger partial charge in [-0.3, -0.25) is 9.59 Å². The number of methoxy groups -OCH3 is 1. The normalized spacial score (nSPS) is 14.4. The van der Waals surface area contributed by atoms with Gasteiger partial charge in [0.05, 0.1) is 7.11 Å². The average molecular weight is 450 g/mol. The molecule has 2 rings (SSSR count). The Balaban J connectivity index is 1.60. The molecule has 3 amide bonds. The summed E-state index contributed by atoms with van der Waals surface area (Å²) in [7, 11) is 1.55. The summed E-state index contributed by atoms with van der Waals surface area (Å²) in [5.74, 6) is 1.24. The van der Waals surface area contributed by atoms with Gasteiger partial charge in [0, 0.05) is 32.6 Å². The van der Waals surface area contributed by atoms with Crippen LogP contribution in [0.3, 0.4) is 0 Å². The molecule has 1 aliphatic rings. The molecule has 2 N–H and O–H groups in total. The van der Waals surface area contributed by atoms with E-state index in [0.29, 0.717) is 37.1 Å². The van der Waals surface area contributed by atoms with Crippen LogP contribution in [0.5, 0.6) is 11.5 Å². The first-order valence-corrected chi connectivity index (χ1v) is 10.9. The highest BCUT2D eigenvalue weighted by Gasteiger charge is 2.23. The van der Waals surface area contributed by atoms with Crippen LogP contribution < -0.4 is 20.1 Å². The number of alkyl carbamates (subject to hydrolysis) is 1. The van der Waals surface area contributed by atoms with E-state index < -0.39 is 11.7 Å². The van der Waals surface area contributed by atoms with Crippen molar-refractivity contribution in [1.82, 2.24) is 15.5 Å². The number of carbonyl (C=O) groups is 3. The summed E-state index contributed by atoms with van der Waals surface area (Å²) in [6.07, 6.45) is 1.35. The number of para-hydroxylation sites is 2. The molecule has 0 bridgehead atoms. The zero-order valence-corrected chi connectivity index (χ0v) is 19.4. The van der Waals surface area contributed by atoms with Crippen molar-refractivity contribution in [1.29, 1.82) is 0 Å². The molecule has 1 aromatic carbocycles. The number of hydrogen-bond acceptors (Lipinski definition) is 6. The minimum atomic E-state index is -0.564. The van der Waals surface area contributed by atoms with E-state index in [4.69, 9.17) is 14.2 Å². The van der Waals surface area contributed by atoms with Crippen LogP contribution in [0.1, 0.15) is 40.0 Å². The van der Waals surface area contributed by atoms with Crippen molar-refractivity contribution in [3.63, 3.8) is 0 Å². The van der Waals surface area contributed by atoms with Crippen LogP contribution in [0.25, 0.3) is 0 Å². The fraction of sp³-hybridized carbons (Fsp3) is 0.609. The Morgan fingerprint density at radius 2 is 1.72 bits per heavy atom. The van der Waals surface area contributed by atoms with Crippen LogP contribution >= 0.6 is 0 Å². The highest BCUT2D eigenvalue weighted by Crippen LogP contribution is 2.25. The van der Waals surface area contributed by atoms with Gasteiger partial charge in [-0.25, -0.2) is 4.79 Å². The van der Waals surface area contributed by atoms with E-state index in [-0.39, 0.29) is 31.4 Å². The van der Waals surface area contributed by atoms with E-state index in [0.717, 1.165) is 12.8 Å². The zero-order chi connectivity index (χ0) is 23.6. The third-order valence-electron chi connectivity index (χ3n) is 4.99. The van der Waals surface area contributed by atoms with Gasteiger partial charge < -0.3 is 29.7 Å². The minimum Gasteiger partial charge on any atom is -0.493 e. The number of nitrogens with zero attached hydrogens (tertiary/aromatic N) is 1. The molecule has 0 atom stereocenters. The van der Waals surface area contributed by atoms with Gasteiger partial charge in [0.25, 0.3) is 5.91 Å². The SMILES string of the molecule is COc1ccccc1OCC(=O)NCC1CCN(C(=O)CCNC(=O)OC(C)(C)C)CC1. The second kappa shape index (κ2) is 12.2. The molecule has 32 heavy (non-hydrogen) atoms. The van der Waals surface area contributed by atoms with Crippen LogP contribution in [-0.2, 0) is 14.3 Å². The number of piperidine rings is 1. The first-order chi connectivity index (χ1) is 15.2. The molecule has 0 saturated carbocycles. The van der Waals surface area contributed by atoms with E-state index in [2.05, 4.69) is 10.6 Å². The van der Waals surface area contributed by atoms with Crippen molar-refractivity contribution in [2.45, 2.75) is 45.6 Å². The predicted octanol–water partition coefficient (Wildman–Crippen LogP) is 2.34. The highest BCUT2D eigenvalue weighted by molar-refractivity contribution is 5.78. The predicted molar refractivity (Wildman–Crippen MR) is 120 cm³/mol. The fourth-order valence-corrected chi connectivity index (χ4v) is 3.32. The first kappa shape index (κ1) is 25.3. The summed E-state index contributed by atoms with van der Waals surface area (Å²) in [4.78, 5) is 37.9. The Labute approximate surface area is 189 Å². The van der Waals surface area contributed by atoms with E-state index in [1.54, 1.807) is 44.9 Å². The standard InChI is InChI=1S/C23H35N3O6/c1-23(2,3)32-22(29)24-12-9-21(28)26-13-10-17(11-14-26)15-25-20(27)16-31-19-8-6-5-7-18(19)30-4/h5-8,17H,9-16H2,1-4H3,(H,24,29)(H,25,27). The molecule has 0 spiro atoms.